The second-order valence-corrected chi connectivity index (χ2v) is 9.27. The summed E-state index contributed by atoms with van der Waals surface area (Å²) in [4.78, 5) is 17.5. The Balaban J connectivity index is 1.27. The second kappa shape index (κ2) is 10.6. The van der Waals surface area contributed by atoms with Gasteiger partial charge in [0.05, 0.1) is 34.1 Å². The summed E-state index contributed by atoms with van der Waals surface area (Å²) >= 11 is 6.60. The Morgan fingerprint density at radius 2 is 1.66 bits per heavy atom. The zero-order valence-corrected chi connectivity index (χ0v) is 21.4. The van der Waals surface area contributed by atoms with Gasteiger partial charge in [0.25, 0.3) is 0 Å². The maximum atomic E-state index is 6.60. The zero-order chi connectivity index (χ0) is 25.9. The van der Waals surface area contributed by atoms with Crippen LogP contribution in [0.25, 0.3) is 21.9 Å². The van der Waals surface area contributed by atoms with Crippen LogP contribution < -0.4 is 24.8 Å². The van der Waals surface area contributed by atoms with Crippen LogP contribution in [0.2, 0.25) is 5.02 Å². The predicted octanol–water partition coefficient (Wildman–Crippen LogP) is 5.90. The molecule has 0 aliphatic carbocycles. The summed E-state index contributed by atoms with van der Waals surface area (Å²) in [6.45, 7) is 1.87. The summed E-state index contributed by atoms with van der Waals surface area (Å²) in [5, 5.41) is 7.88. The van der Waals surface area contributed by atoms with E-state index >= 15 is 0 Å². The number of piperidine rings is 1. The average Bonchev–Trinajstić information content (AvgIpc) is 2.95. The number of benzene rings is 3. The van der Waals surface area contributed by atoms with Gasteiger partial charge in [-0.2, -0.15) is 0 Å². The van der Waals surface area contributed by atoms with E-state index in [1.807, 2.05) is 36.4 Å². The highest BCUT2D eigenvalue weighted by Crippen LogP contribution is 2.40. The molecule has 6 rings (SSSR count). The Labute approximate surface area is 224 Å². The number of methoxy groups -OCH3 is 1. The van der Waals surface area contributed by atoms with Gasteiger partial charge in [0, 0.05) is 24.1 Å². The number of hydrogen-bond donors (Lipinski definition) is 2. The molecule has 0 atom stereocenters. The van der Waals surface area contributed by atoms with Crippen LogP contribution in [0, 0.1) is 0 Å². The minimum atomic E-state index is 0.129. The number of rotatable bonds is 7. The number of halogens is 1. The number of fused-ring (bicyclic) bond motifs is 2. The maximum absolute atomic E-state index is 6.60. The lowest BCUT2D eigenvalue weighted by atomic mass is 10.1. The first-order valence-corrected chi connectivity index (χ1v) is 12.7. The third-order valence-corrected chi connectivity index (χ3v) is 6.66. The molecule has 38 heavy (non-hydrogen) atoms. The minimum Gasteiger partial charge on any atom is -0.492 e. The smallest absolute Gasteiger partial charge is 0.173 e. The third-order valence-electron chi connectivity index (χ3n) is 6.37. The third kappa shape index (κ3) is 4.98. The minimum absolute atomic E-state index is 0.129. The molecule has 0 spiro atoms. The van der Waals surface area contributed by atoms with Crippen molar-refractivity contribution in [2.75, 3.05) is 25.5 Å². The molecule has 1 aliphatic rings. The Morgan fingerprint density at radius 1 is 0.868 bits per heavy atom. The van der Waals surface area contributed by atoms with E-state index < -0.39 is 0 Å². The summed E-state index contributed by atoms with van der Waals surface area (Å²) < 4.78 is 18.1. The SMILES string of the molecule is COc1c(OC2CCNCC2)ccc2ncnc(Nc3ccc(Oc4ccc5nccnc5c4)c(Cl)c3)c12. The van der Waals surface area contributed by atoms with Crippen molar-refractivity contribution < 1.29 is 14.2 Å². The van der Waals surface area contributed by atoms with Crippen molar-refractivity contribution in [1.82, 2.24) is 25.3 Å². The number of anilines is 2. The molecule has 0 saturated carbocycles. The molecule has 0 unspecified atom stereocenters. The van der Waals surface area contributed by atoms with Crippen molar-refractivity contribution in [3.63, 3.8) is 0 Å². The topological polar surface area (TPSA) is 103 Å². The van der Waals surface area contributed by atoms with Crippen molar-refractivity contribution >= 4 is 45.0 Å². The predicted molar refractivity (Wildman–Crippen MR) is 147 cm³/mol. The van der Waals surface area contributed by atoms with Crippen LogP contribution >= 0.6 is 11.6 Å². The number of ether oxygens (including phenoxy) is 3. The first-order chi connectivity index (χ1) is 18.7. The number of aromatic nitrogens is 4. The largest absolute Gasteiger partial charge is 0.492 e. The Hall–Kier alpha value is -4.21. The molecular formula is C28H25ClN6O3. The molecule has 3 heterocycles. The van der Waals surface area contributed by atoms with Crippen molar-refractivity contribution in [3.05, 3.63) is 72.3 Å². The quantitative estimate of drug-likeness (QED) is 0.267. The molecule has 0 amide bonds. The van der Waals surface area contributed by atoms with Crippen LogP contribution in [0.3, 0.4) is 0 Å². The monoisotopic (exact) mass is 528 g/mol. The summed E-state index contributed by atoms with van der Waals surface area (Å²) in [5.74, 6) is 2.98. The first kappa shape index (κ1) is 24.1. The molecule has 1 fully saturated rings. The number of nitrogens with zero attached hydrogens (tertiary/aromatic N) is 4. The summed E-state index contributed by atoms with van der Waals surface area (Å²) in [6, 6.07) is 14.8. The van der Waals surface area contributed by atoms with Gasteiger partial charge >= 0.3 is 0 Å². The summed E-state index contributed by atoms with van der Waals surface area (Å²) in [7, 11) is 1.63. The van der Waals surface area contributed by atoms with E-state index in [1.165, 1.54) is 6.33 Å². The van der Waals surface area contributed by atoms with E-state index in [9.17, 15) is 0 Å². The van der Waals surface area contributed by atoms with Crippen molar-refractivity contribution in [3.8, 4) is 23.0 Å². The lowest BCUT2D eigenvalue weighted by Crippen LogP contribution is -2.34. The number of nitrogens with one attached hydrogen (secondary N) is 2. The Bertz CT molecular complexity index is 1610. The molecule has 0 radical (unpaired) electrons. The van der Waals surface area contributed by atoms with Crippen LogP contribution in [0.5, 0.6) is 23.0 Å². The fourth-order valence-corrected chi connectivity index (χ4v) is 4.74. The fourth-order valence-electron chi connectivity index (χ4n) is 4.52. The summed E-state index contributed by atoms with van der Waals surface area (Å²) in [5.41, 5.74) is 3.01. The van der Waals surface area contributed by atoms with Crippen molar-refractivity contribution in [2.45, 2.75) is 18.9 Å². The van der Waals surface area contributed by atoms with Crippen LogP contribution in [0.1, 0.15) is 12.8 Å². The molecule has 5 aromatic rings. The Morgan fingerprint density at radius 3 is 2.47 bits per heavy atom. The van der Waals surface area contributed by atoms with Crippen LogP contribution in [-0.2, 0) is 0 Å². The average molecular weight is 529 g/mol. The van der Waals surface area contributed by atoms with Gasteiger partial charge in [-0.25, -0.2) is 9.97 Å². The standard InChI is InChI=1S/C28H25ClN6O3/c1-36-27-25(37-18-8-10-30-11-9-18)7-5-22-26(27)28(34-16-33-22)35-17-2-6-24(20(29)14-17)38-19-3-4-21-23(15-19)32-13-12-31-21/h2-7,12-16,18,30H,8-11H2,1H3,(H,33,34,35). The lowest BCUT2D eigenvalue weighted by Gasteiger charge is -2.25. The normalized spacial score (nSPS) is 13.9. The second-order valence-electron chi connectivity index (χ2n) is 8.86. The van der Waals surface area contributed by atoms with E-state index in [0.717, 1.165) is 53.6 Å². The van der Waals surface area contributed by atoms with Gasteiger partial charge in [-0.15, -0.1) is 0 Å². The van der Waals surface area contributed by atoms with E-state index in [2.05, 4.69) is 30.6 Å². The summed E-state index contributed by atoms with van der Waals surface area (Å²) in [6.07, 6.45) is 6.83. The molecule has 3 aromatic carbocycles. The van der Waals surface area contributed by atoms with Crippen LogP contribution in [0.15, 0.2) is 67.3 Å². The van der Waals surface area contributed by atoms with Gasteiger partial charge in [0.1, 0.15) is 29.7 Å². The van der Waals surface area contributed by atoms with Crippen LogP contribution in [-0.4, -0.2) is 46.2 Å². The molecule has 2 aromatic heterocycles. The molecule has 2 N–H and O–H groups in total. The van der Waals surface area contributed by atoms with E-state index in [0.29, 0.717) is 33.8 Å². The van der Waals surface area contributed by atoms with E-state index in [-0.39, 0.29) is 6.10 Å². The Kier molecular flexibility index (Phi) is 6.76. The molecule has 192 valence electrons. The van der Waals surface area contributed by atoms with Gasteiger partial charge in [-0.1, -0.05) is 11.6 Å². The highest BCUT2D eigenvalue weighted by Gasteiger charge is 2.20. The molecule has 1 saturated heterocycles. The van der Waals surface area contributed by atoms with Gasteiger partial charge in [-0.3, -0.25) is 9.97 Å². The van der Waals surface area contributed by atoms with Gasteiger partial charge in [0.15, 0.2) is 11.5 Å². The molecule has 1 aliphatic heterocycles. The van der Waals surface area contributed by atoms with Gasteiger partial charge in [0.2, 0.25) is 0 Å². The maximum Gasteiger partial charge on any atom is 0.173 e. The highest BCUT2D eigenvalue weighted by atomic mass is 35.5. The van der Waals surface area contributed by atoms with Gasteiger partial charge in [-0.05, 0) is 68.4 Å². The first-order valence-electron chi connectivity index (χ1n) is 12.3. The van der Waals surface area contributed by atoms with E-state index in [1.54, 1.807) is 31.6 Å². The highest BCUT2D eigenvalue weighted by molar-refractivity contribution is 6.32. The fraction of sp³-hybridized carbons (Fsp3) is 0.214. The number of hydrogen-bond acceptors (Lipinski definition) is 9. The van der Waals surface area contributed by atoms with Crippen molar-refractivity contribution in [1.29, 1.82) is 0 Å². The van der Waals surface area contributed by atoms with E-state index in [4.69, 9.17) is 25.8 Å². The van der Waals surface area contributed by atoms with Crippen LogP contribution in [0.4, 0.5) is 11.5 Å². The molecular weight excluding hydrogens is 504 g/mol. The van der Waals surface area contributed by atoms with Crippen molar-refractivity contribution in [2.24, 2.45) is 0 Å². The van der Waals surface area contributed by atoms with Gasteiger partial charge < -0.3 is 24.8 Å². The molecule has 10 heteroatoms. The molecule has 9 nitrogen and oxygen atoms in total. The molecule has 0 bridgehead atoms. The zero-order valence-electron chi connectivity index (χ0n) is 20.6. The lowest BCUT2D eigenvalue weighted by molar-refractivity contribution is 0.157.